The minimum atomic E-state index is -4.11. The molecule has 1 rings (SSSR count). The van der Waals surface area contributed by atoms with Crippen molar-refractivity contribution in [1.29, 1.82) is 0 Å². The van der Waals surface area contributed by atoms with Crippen molar-refractivity contribution in [3.05, 3.63) is 0 Å². The Balaban J connectivity index is 2.29. The summed E-state index contributed by atoms with van der Waals surface area (Å²) in [5.41, 5.74) is 0. The monoisotopic (exact) mass is 357 g/mol. The highest BCUT2D eigenvalue weighted by Crippen LogP contribution is 2.39. The molecule has 118 valence electrons. The van der Waals surface area contributed by atoms with Crippen LogP contribution in [0.5, 0.6) is 0 Å². The second kappa shape index (κ2) is 7.66. The standard InChI is InChI=1S/C14H23BrF3NO/c1-9(2)7-12(15)8-19-13(20)10-3-5-11(6-4-10)14(16,17)18/h9-12H,3-8H2,1-2H3,(H,19,20). The molecule has 6 heteroatoms. The largest absolute Gasteiger partial charge is 0.391 e. The topological polar surface area (TPSA) is 29.1 Å². The lowest BCUT2D eigenvalue weighted by Gasteiger charge is -2.29. The molecule has 0 aromatic rings. The second-order valence-corrected chi connectivity index (χ2v) is 7.36. The molecule has 20 heavy (non-hydrogen) atoms. The van der Waals surface area contributed by atoms with Gasteiger partial charge in [-0.1, -0.05) is 29.8 Å². The first-order valence-corrected chi connectivity index (χ1v) is 8.10. The first-order chi connectivity index (χ1) is 9.20. The Bertz CT molecular complexity index is 312. The van der Waals surface area contributed by atoms with Crippen LogP contribution in [0.3, 0.4) is 0 Å². The van der Waals surface area contributed by atoms with Crippen molar-refractivity contribution in [2.75, 3.05) is 6.54 Å². The lowest BCUT2D eigenvalue weighted by atomic mass is 9.81. The summed E-state index contributed by atoms with van der Waals surface area (Å²) in [5.74, 6) is -1.04. The van der Waals surface area contributed by atoms with Crippen molar-refractivity contribution in [2.45, 2.75) is 57.0 Å². The van der Waals surface area contributed by atoms with Crippen molar-refractivity contribution in [3.8, 4) is 0 Å². The van der Waals surface area contributed by atoms with Crippen LogP contribution in [0.15, 0.2) is 0 Å². The van der Waals surface area contributed by atoms with E-state index >= 15 is 0 Å². The third-order valence-corrected chi connectivity index (χ3v) is 4.48. The molecule has 0 saturated heterocycles. The van der Waals surface area contributed by atoms with E-state index in [2.05, 4.69) is 35.1 Å². The van der Waals surface area contributed by atoms with Crippen LogP contribution in [0, 0.1) is 17.8 Å². The third kappa shape index (κ3) is 6.02. The summed E-state index contributed by atoms with van der Waals surface area (Å²) in [6, 6.07) is 0. The molecule has 0 bridgehead atoms. The fourth-order valence-corrected chi connectivity index (χ4v) is 3.54. The zero-order chi connectivity index (χ0) is 15.3. The molecule has 2 nitrogen and oxygen atoms in total. The van der Waals surface area contributed by atoms with Crippen molar-refractivity contribution in [2.24, 2.45) is 17.8 Å². The van der Waals surface area contributed by atoms with Gasteiger partial charge in [0.1, 0.15) is 0 Å². The van der Waals surface area contributed by atoms with Crippen molar-refractivity contribution < 1.29 is 18.0 Å². The Morgan fingerprint density at radius 1 is 1.25 bits per heavy atom. The molecule has 1 N–H and O–H groups in total. The first-order valence-electron chi connectivity index (χ1n) is 7.18. The van der Waals surface area contributed by atoms with Gasteiger partial charge in [0.2, 0.25) is 5.91 Å². The molecule has 1 unspecified atom stereocenters. The molecular weight excluding hydrogens is 335 g/mol. The van der Waals surface area contributed by atoms with E-state index in [1.807, 2.05) is 0 Å². The first kappa shape index (κ1) is 17.8. The van der Waals surface area contributed by atoms with Crippen molar-refractivity contribution >= 4 is 21.8 Å². The van der Waals surface area contributed by atoms with Gasteiger partial charge in [0.15, 0.2) is 0 Å². The predicted octanol–water partition coefficient (Wildman–Crippen LogP) is 4.28. The predicted molar refractivity (Wildman–Crippen MR) is 76.7 cm³/mol. The Hall–Kier alpha value is -0.260. The molecule has 0 aliphatic heterocycles. The number of nitrogens with one attached hydrogen (secondary N) is 1. The Morgan fingerprint density at radius 3 is 2.25 bits per heavy atom. The number of rotatable bonds is 5. The second-order valence-electron chi connectivity index (χ2n) is 6.06. The Labute approximate surface area is 127 Å². The molecule has 0 radical (unpaired) electrons. The van der Waals surface area contributed by atoms with Crippen LogP contribution in [0.1, 0.15) is 46.0 Å². The van der Waals surface area contributed by atoms with Gasteiger partial charge >= 0.3 is 6.18 Å². The SMILES string of the molecule is CC(C)CC(Br)CNC(=O)C1CCC(C(F)(F)F)CC1. The van der Waals surface area contributed by atoms with Crippen LogP contribution >= 0.6 is 15.9 Å². The van der Waals surface area contributed by atoms with Gasteiger partial charge in [-0.25, -0.2) is 0 Å². The van der Waals surface area contributed by atoms with E-state index in [4.69, 9.17) is 0 Å². The third-order valence-electron chi connectivity index (χ3n) is 3.79. The van der Waals surface area contributed by atoms with Crippen LogP contribution in [0.25, 0.3) is 0 Å². The highest BCUT2D eigenvalue weighted by molar-refractivity contribution is 9.09. The van der Waals surface area contributed by atoms with E-state index in [0.717, 1.165) is 6.42 Å². The van der Waals surface area contributed by atoms with Crippen LogP contribution in [0.2, 0.25) is 0 Å². The van der Waals surface area contributed by atoms with E-state index in [9.17, 15) is 18.0 Å². The average molecular weight is 358 g/mol. The molecule has 0 aromatic carbocycles. The van der Waals surface area contributed by atoms with E-state index in [0.29, 0.717) is 25.3 Å². The van der Waals surface area contributed by atoms with Gasteiger partial charge < -0.3 is 5.32 Å². The summed E-state index contributed by atoms with van der Waals surface area (Å²) in [7, 11) is 0. The maximum atomic E-state index is 12.5. The van der Waals surface area contributed by atoms with Gasteiger partial charge in [0, 0.05) is 17.3 Å². The molecule has 0 spiro atoms. The van der Waals surface area contributed by atoms with Gasteiger partial charge in [-0.3, -0.25) is 4.79 Å². The number of hydrogen-bond acceptors (Lipinski definition) is 1. The van der Waals surface area contributed by atoms with Crippen LogP contribution in [-0.2, 0) is 4.79 Å². The van der Waals surface area contributed by atoms with E-state index < -0.39 is 12.1 Å². The molecule has 1 fully saturated rings. The lowest BCUT2D eigenvalue weighted by molar-refractivity contribution is -0.184. The summed E-state index contributed by atoms with van der Waals surface area (Å²) in [5, 5.41) is 2.84. The van der Waals surface area contributed by atoms with Gasteiger partial charge in [-0.15, -0.1) is 0 Å². The molecule has 1 atom stereocenters. The summed E-state index contributed by atoms with van der Waals surface area (Å²) in [6.07, 6.45) is -2.32. The highest BCUT2D eigenvalue weighted by atomic mass is 79.9. The normalized spacial score (nSPS) is 25.6. The summed E-state index contributed by atoms with van der Waals surface area (Å²) >= 11 is 3.50. The highest BCUT2D eigenvalue weighted by Gasteiger charge is 2.42. The number of halogens is 4. The summed E-state index contributed by atoms with van der Waals surface area (Å²) in [6.45, 7) is 4.75. The average Bonchev–Trinajstić information content (AvgIpc) is 2.34. The van der Waals surface area contributed by atoms with Gasteiger partial charge in [0.05, 0.1) is 5.92 Å². The molecule has 0 aromatic heterocycles. The number of alkyl halides is 4. The zero-order valence-electron chi connectivity index (χ0n) is 12.0. The summed E-state index contributed by atoms with van der Waals surface area (Å²) < 4.78 is 37.6. The fourth-order valence-electron chi connectivity index (χ4n) is 2.63. The molecular formula is C14H23BrF3NO. The van der Waals surface area contributed by atoms with Gasteiger partial charge in [-0.2, -0.15) is 13.2 Å². The lowest BCUT2D eigenvalue weighted by Crippen LogP contribution is -2.38. The van der Waals surface area contributed by atoms with Crippen molar-refractivity contribution in [1.82, 2.24) is 5.32 Å². The van der Waals surface area contributed by atoms with Crippen molar-refractivity contribution in [3.63, 3.8) is 0 Å². The minimum Gasteiger partial charge on any atom is -0.355 e. The molecule has 1 aliphatic rings. The van der Waals surface area contributed by atoms with Crippen LogP contribution in [0.4, 0.5) is 13.2 Å². The Kier molecular flexibility index (Phi) is 6.82. The maximum absolute atomic E-state index is 12.5. The maximum Gasteiger partial charge on any atom is 0.391 e. The smallest absolute Gasteiger partial charge is 0.355 e. The van der Waals surface area contributed by atoms with E-state index in [1.165, 1.54) is 0 Å². The minimum absolute atomic E-state index is 0.0747. The van der Waals surface area contributed by atoms with E-state index in [1.54, 1.807) is 0 Å². The Morgan fingerprint density at radius 2 is 1.80 bits per heavy atom. The van der Waals surface area contributed by atoms with E-state index in [-0.39, 0.29) is 29.5 Å². The molecule has 1 saturated carbocycles. The van der Waals surface area contributed by atoms with Crippen LogP contribution < -0.4 is 5.32 Å². The number of amides is 1. The molecule has 0 heterocycles. The number of carbonyl (C=O) groups is 1. The molecule has 1 aliphatic carbocycles. The van der Waals surface area contributed by atoms with Gasteiger partial charge in [-0.05, 0) is 38.0 Å². The fraction of sp³-hybridized carbons (Fsp3) is 0.929. The van der Waals surface area contributed by atoms with Gasteiger partial charge in [0.25, 0.3) is 0 Å². The molecule has 1 amide bonds. The zero-order valence-corrected chi connectivity index (χ0v) is 13.6. The quantitative estimate of drug-likeness (QED) is 0.731. The summed E-state index contributed by atoms with van der Waals surface area (Å²) in [4.78, 5) is 12.2. The number of hydrogen-bond donors (Lipinski definition) is 1. The number of carbonyl (C=O) groups excluding carboxylic acids is 1. The van der Waals surface area contributed by atoms with Crippen LogP contribution in [-0.4, -0.2) is 23.5 Å².